The first-order chi connectivity index (χ1) is 10.6. The molecule has 2 rings (SSSR count). The number of amides is 1. The smallest absolute Gasteiger partial charge is 0.252 e. The molecule has 0 fully saturated rings. The molecule has 0 aliphatic carbocycles. The maximum Gasteiger partial charge on any atom is 0.252 e. The van der Waals surface area contributed by atoms with E-state index in [1.165, 1.54) is 24.3 Å². The van der Waals surface area contributed by atoms with E-state index < -0.39 is 0 Å². The van der Waals surface area contributed by atoms with Gasteiger partial charge in [0.1, 0.15) is 18.2 Å². The Morgan fingerprint density at radius 3 is 2.68 bits per heavy atom. The van der Waals surface area contributed by atoms with Crippen LogP contribution in [0.1, 0.15) is 10.4 Å². The third-order valence-corrected chi connectivity index (χ3v) is 3.17. The molecular formula is C17H13BrFNO2. The molecule has 112 valence electrons. The highest BCUT2D eigenvalue weighted by Gasteiger charge is 2.03. The third kappa shape index (κ3) is 5.23. The van der Waals surface area contributed by atoms with Crippen LogP contribution in [0, 0.1) is 17.7 Å². The van der Waals surface area contributed by atoms with Gasteiger partial charge in [0.25, 0.3) is 5.91 Å². The molecule has 22 heavy (non-hydrogen) atoms. The minimum Gasteiger partial charge on any atom is -0.481 e. The molecule has 0 heterocycles. The number of carbonyl (C=O) groups excluding carboxylic acids is 1. The van der Waals surface area contributed by atoms with Crippen LogP contribution in [0.2, 0.25) is 0 Å². The molecule has 5 heteroatoms. The van der Waals surface area contributed by atoms with Crippen molar-refractivity contribution in [2.45, 2.75) is 0 Å². The van der Waals surface area contributed by atoms with E-state index in [0.717, 1.165) is 10.2 Å². The average Bonchev–Trinajstić information content (AvgIpc) is 2.51. The lowest BCUT2D eigenvalue weighted by Crippen LogP contribution is -2.23. The summed E-state index contributed by atoms with van der Waals surface area (Å²) in [5.41, 5.74) is 0.397. The lowest BCUT2D eigenvalue weighted by Gasteiger charge is -2.02. The molecule has 0 aromatic heterocycles. The fraction of sp³-hybridized carbons (Fsp3) is 0.118. The highest BCUT2D eigenvalue weighted by molar-refractivity contribution is 9.10. The molecule has 0 saturated carbocycles. The Kier molecular flexibility index (Phi) is 5.99. The number of nitrogens with one attached hydrogen (secondary N) is 1. The Balaban J connectivity index is 1.73. The standard InChI is InChI=1S/C17H13BrFNO2/c18-14-4-3-5-16(12-14)22-11-2-1-10-20-17(21)13-6-8-15(19)9-7-13/h3-9,12H,10-11H2,(H,20,21). The van der Waals surface area contributed by atoms with Crippen LogP contribution in [-0.4, -0.2) is 19.1 Å². The van der Waals surface area contributed by atoms with E-state index in [2.05, 4.69) is 33.1 Å². The van der Waals surface area contributed by atoms with Crippen LogP contribution >= 0.6 is 15.9 Å². The summed E-state index contributed by atoms with van der Waals surface area (Å²) < 4.78 is 19.1. The maximum atomic E-state index is 12.7. The Morgan fingerprint density at radius 1 is 1.18 bits per heavy atom. The normalized spacial score (nSPS) is 9.55. The summed E-state index contributed by atoms with van der Waals surface area (Å²) in [6.45, 7) is 0.445. The molecule has 0 unspecified atom stereocenters. The van der Waals surface area contributed by atoms with E-state index in [4.69, 9.17) is 4.74 Å². The van der Waals surface area contributed by atoms with Gasteiger partial charge in [0, 0.05) is 10.0 Å². The van der Waals surface area contributed by atoms with Crippen molar-refractivity contribution >= 4 is 21.8 Å². The Morgan fingerprint density at radius 2 is 1.95 bits per heavy atom. The van der Waals surface area contributed by atoms with Crippen LogP contribution < -0.4 is 10.1 Å². The van der Waals surface area contributed by atoms with Gasteiger partial charge >= 0.3 is 0 Å². The van der Waals surface area contributed by atoms with Crippen LogP contribution in [-0.2, 0) is 0 Å². The molecule has 0 spiro atoms. The van der Waals surface area contributed by atoms with Crippen molar-refractivity contribution in [1.82, 2.24) is 5.32 Å². The highest BCUT2D eigenvalue weighted by atomic mass is 79.9. The SMILES string of the molecule is O=C(NCC#CCOc1cccc(Br)c1)c1ccc(F)cc1. The topological polar surface area (TPSA) is 38.3 Å². The molecular weight excluding hydrogens is 349 g/mol. The van der Waals surface area contributed by atoms with E-state index >= 15 is 0 Å². The number of carbonyl (C=O) groups is 1. The maximum absolute atomic E-state index is 12.7. The summed E-state index contributed by atoms with van der Waals surface area (Å²) in [5, 5.41) is 2.63. The first-order valence-corrected chi connectivity index (χ1v) is 7.32. The summed E-state index contributed by atoms with van der Waals surface area (Å²) in [6.07, 6.45) is 0. The van der Waals surface area contributed by atoms with Gasteiger partial charge in [-0.15, -0.1) is 0 Å². The molecule has 0 saturated heterocycles. The van der Waals surface area contributed by atoms with Crippen molar-refractivity contribution in [2.75, 3.05) is 13.2 Å². The van der Waals surface area contributed by atoms with E-state index in [-0.39, 0.29) is 24.9 Å². The predicted octanol–water partition coefficient (Wildman–Crippen LogP) is 3.40. The summed E-state index contributed by atoms with van der Waals surface area (Å²) >= 11 is 3.35. The largest absolute Gasteiger partial charge is 0.481 e. The van der Waals surface area contributed by atoms with Crippen molar-refractivity contribution < 1.29 is 13.9 Å². The number of halogens is 2. The van der Waals surface area contributed by atoms with E-state index in [1.54, 1.807) is 0 Å². The number of hydrogen-bond donors (Lipinski definition) is 1. The second kappa shape index (κ2) is 8.20. The zero-order valence-electron chi connectivity index (χ0n) is 11.6. The Hall–Kier alpha value is -2.32. The molecule has 1 N–H and O–H groups in total. The van der Waals surface area contributed by atoms with Crippen LogP contribution in [0.4, 0.5) is 4.39 Å². The van der Waals surface area contributed by atoms with Gasteiger partial charge in [0.15, 0.2) is 0 Å². The van der Waals surface area contributed by atoms with Gasteiger partial charge in [-0.3, -0.25) is 4.79 Å². The second-order valence-electron chi connectivity index (χ2n) is 4.29. The monoisotopic (exact) mass is 361 g/mol. The Labute approximate surface area is 136 Å². The van der Waals surface area contributed by atoms with Crippen molar-refractivity contribution in [3.63, 3.8) is 0 Å². The summed E-state index contributed by atoms with van der Waals surface area (Å²) in [6, 6.07) is 12.8. The van der Waals surface area contributed by atoms with Gasteiger partial charge in [0.05, 0.1) is 6.54 Å². The quantitative estimate of drug-likeness (QED) is 0.847. The molecule has 0 aliphatic heterocycles. The molecule has 0 bridgehead atoms. The van der Waals surface area contributed by atoms with E-state index in [1.807, 2.05) is 24.3 Å². The zero-order chi connectivity index (χ0) is 15.8. The van der Waals surface area contributed by atoms with Gasteiger partial charge in [-0.1, -0.05) is 33.8 Å². The van der Waals surface area contributed by atoms with Gasteiger partial charge in [-0.05, 0) is 42.5 Å². The molecule has 3 nitrogen and oxygen atoms in total. The second-order valence-corrected chi connectivity index (χ2v) is 5.20. The van der Waals surface area contributed by atoms with Crippen LogP contribution in [0.25, 0.3) is 0 Å². The van der Waals surface area contributed by atoms with Gasteiger partial charge in [-0.2, -0.15) is 0 Å². The molecule has 0 atom stereocenters. The first kappa shape index (κ1) is 16.1. The number of benzene rings is 2. The van der Waals surface area contributed by atoms with E-state index in [0.29, 0.717) is 5.56 Å². The van der Waals surface area contributed by atoms with Gasteiger partial charge in [-0.25, -0.2) is 4.39 Å². The van der Waals surface area contributed by atoms with Crippen molar-refractivity contribution in [2.24, 2.45) is 0 Å². The first-order valence-electron chi connectivity index (χ1n) is 6.53. The highest BCUT2D eigenvalue weighted by Crippen LogP contribution is 2.17. The minimum atomic E-state index is -0.374. The number of rotatable bonds is 4. The molecule has 2 aromatic rings. The summed E-state index contributed by atoms with van der Waals surface area (Å²) in [5.74, 6) is 5.65. The molecule has 0 radical (unpaired) electrons. The van der Waals surface area contributed by atoms with Crippen molar-refractivity contribution in [3.05, 3.63) is 64.4 Å². The summed E-state index contributed by atoms with van der Waals surface area (Å²) in [7, 11) is 0. The van der Waals surface area contributed by atoms with Crippen LogP contribution in [0.5, 0.6) is 5.75 Å². The fourth-order valence-electron chi connectivity index (χ4n) is 1.62. The van der Waals surface area contributed by atoms with Gasteiger partial charge in [0.2, 0.25) is 0 Å². The lowest BCUT2D eigenvalue weighted by molar-refractivity contribution is 0.0958. The fourth-order valence-corrected chi connectivity index (χ4v) is 2.00. The molecule has 2 aromatic carbocycles. The number of hydrogen-bond acceptors (Lipinski definition) is 2. The minimum absolute atomic E-state index is 0.206. The molecule has 0 aliphatic rings. The predicted molar refractivity (Wildman–Crippen MR) is 86.1 cm³/mol. The number of ether oxygens (including phenoxy) is 1. The van der Waals surface area contributed by atoms with Crippen LogP contribution in [0.3, 0.4) is 0 Å². The lowest BCUT2D eigenvalue weighted by atomic mass is 10.2. The summed E-state index contributed by atoms with van der Waals surface area (Å²) in [4.78, 5) is 11.7. The molecule has 1 amide bonds. The third-order valence-electron chi connectivity index (χ3n) is 2.68. The zero-order valence-corrected chi connectivity index (χ0v) is 13.2. The average molecular weight is 362 g/mol. The van der Waals surface area contributed by atoms with Gasteiger partial charge < -0.3 is 10.1 Å². The van der Waals surface area contributed by atoms with Crippen molar-refractivity contribution in [1.29, 1.82) is 0 Å². The van der Waals surface area contributed by atoms with E-state index in [9.17, 15) is 9.18 Å². The van der Waals surface area contributed by atoms with Crippen LogP contribution in [0.15, 0.2) is 53.0 Å². The van der Waals surface area contributed by atoms with Crippen molar-refractivity contribution in [3.8, 4) is 17.6 Å². The Bertz CT molecular complexity index is 705.